The largest absolute Gasteiger partial charge is 0.399 e. The maximum atomic E-state index is 11.5. The number of nitrogens with zero attached hydrogens (tertiary/aromatic N) is 2. The highest BCUT2D eigenvalue weighted by Crippen LogP contribution is 2.17. The summed E-state index contributed by atoms with van der Waals surface area (Å²) in [5.41, 5.74) is 7.27. The van der Waals surface area contributed by atoms with Gasteiger partial charge in [0.25, 0.3) is 5.56 Å². The summed E-state index contributed by atoms with van der Waals surface area (Å²) >= 11 is 3.36. The summed E-state index contributed by atoms with van der Waals surface area (Å²) < 4.78 is 2.43. The highest BCUT2D eigenvalue weighted by Gasteiger charge is 2.00. The summed E-state index contributed by atoms with van der Waals surface area (Å²) in [6.45, 7) is 0.469. The molecule has 0 saturated carbocycles. The molecule has 2 aromatic rings. The molecule has 0 aliphatic carbocycles. The molecular formula is C11H10BrN3O. The van der Waals surface area contributed by atoms with Crippen LogP contribution >= 0.6 is 15.9 Å². The zero-order valence-electron chi connectivity index (χ0n) is 8.43. The summed E-state index contributed by atoms with van der Waals surface area (Å²) in [4.78, 5) is 15.4. The van der Waals surface area contributed by atoms with Gasteiger partial charge in [-0.3, -0.25) is 9.36 Å². The summed E-state index contributed by atoms with van der Waals surface area (Å²) in [5.74, 6) is 0. The van der Waals surface area contributed by atoms with Gasteiger partial charge in [-0.05, 0) is 23.8 Å². The van der Waals surface area contributed by atoms with E-state index in [1.165, 1.54) is 23.2 Å². The van der Waals surface area contributed by atoms with Crippen molar-refractivity contribution in [2.75, 3.05) is 5.73 Å². The third-order valence-electron chi connectivity index (χ3n) is 2.13. The third-order valence-corrected chi connectivity index (χ3v) is 2.58. The van der Waals surface area contributed by atoms with Crippen LogP contribution in [0.5, 0.6) is 0 Å². The Balaban J connectivity index is 2.34. The normalized spacial score (nSPS) is 10.3. The number of aromatic nitrogens is 2. The molecule has 0 radical (unpaired) electrons. The van der Waals surface area contributed by atoms with Crippen LogP contribution in [-0.2, 0) is 6.54 Å². The summed E-state index contributed by atoms with van der Waals surface area (Å²) in [6.07, 6.45) is 2.99. The second-order valence-electron chi connectivity index (χ2n) is 3.44. The fourth-order valence-electron chi connectivity index (χ4n) is 1.46. The number of nitrogen functional groups attached to an aromatic ring is 1. The van der Waals surface area contributed by atoms with E-state index >= 15 is 0 Å². The van der Waals surface area contributed by atoms with Crippen LogP contribution in [-0.4, -0.2) is 9.55 Å². The lowest BCUT2D eigenvalue weighted by Gasteiger charge is -2.06. The lowest BCUT2D eigenvalue weighted by atomic mass is 10.2. The van der Waals surface area contributed by atoms with Crippen LogP contribution in [0.15, 0.2) is 46.1 Å². The number of rotatable bonds is 2. The standard InChI is InChI=1S/C11H10BrN3O/c12-9-3-8(4-10(13)5-9)6-15-7-14-2-1-11(15)16/h1-5,7H,6,13H2. The highest BCUT2D eigenvalue weighted by molar-refractivity contribution is 9.10. The summed E-state index contributed by atoms with van der Waals surface area (Å²) in [5, 5.41) is 0. The Morgan fingerprint density at radius 1 is 1.38 bits per heavy atom. The first-order valence-corrected chi connectivity index (χ1v) is 5.50. The first-order chi connectivity index (χ1) is 7.65. The van der Waals surface area contributed by atoms with E-state index in [-0.39, 0.29) is 5.56 Å². The maximum Gasteiger partial charge on any atom is 0.253 e. The predicted octanol–water partition coefficient (Wildman–Crippen LogP) is 1.64. The minimum atomic E-state index is -0.0754. The second kappa shape index (κ2) is 4.49. The van der Waals surface area contributed by atoms with Crippen LogP contribution in [0.25, 0.3) is 0 Å². The van der Waals surface area contributed by atoms with E-state index in [9.17, 15) is 4.79 Å². The van der Waals surface area contributed by atoms with Gasteiger partial charge >= 0.3 is 0 Å². The molecule has 0 aliphatic rings. The summed E-state index contributed by atoms with van der Waals surface area (Å²) in [7, 11) is 0. The van der Waals surface area contributed by atoms with Crippen molar-refractivity contribution in [3.8, 4) is 0 Å². The monoisotopic (exact) mass is 279 g/mol. The molecule has 0 saturated heterocycles. The molecule has 2 N–H and O–H groups in total. The van der Waals surface area contributed by atoms with Gasteiger partial charge in [0.05, 0.1) is 12.9 Å². The van der Waals surface area contributed by atoms with Crippen LogP contribution in [0.1, 0.15) is 5.56 Å². The van der Waals surface area contributed by atoms with Gasteiger partial charge in [-0.15, -0.1) is 0 Å². The van der Waals surface area contributed by atoms with Crippen LogP contribution in [0.3, 0.4) is 0 Å². The highest BCUT2D eigenvalue weighted by atomic mass is 79.9. The van der Waals surface area contributed by atoms with E-state index in [0.29, 0.717) is 12.2 Å². The van der Waals surface area contributed by atoms with Gasteiger partial charge in [-0.1, -0.05) is 15.9 Å². The zero-order valence-corrected chi connectivity index (χ0v) is 10.0. The summed E-state index contributed by atoms with van der Waals surface area (Å²) in [6, 6.07) is 7.01. The fourth-order valence-corrected chi connectivity index (χ4v) is 2.02. The molecule has 0 spiro atoms. The van der Waals surface area contributed by atoms with E-state index in [4.69, 9.17) is 5.73 Å². The van der Waals surface area contributed by atoms with Crippen LogP contribution < -0.4 is 11.3 Å². The molecule has 1 heterocycles. The topological polar surface area (TPSA) is 60.9 Å². The molecule has 0 bridgehead atoms. The molecule has 1 aromatic carbocycles. The minimum absolute atomic E-state index is 0.0754. The van der Waals surface area contributed by atoms with Gasteiger partial charge in [0.15, 0.2) is 0 Å². The Kier molecular flexibility index (Phi) is 3.05. The van der Waals surface area contributed by atoms with Crippen molar-refractivity contribution in [2.45, 2.75) is 6.54 Å². The number of hydrogen-bond donors (Lipinski definition) is 1. The van der Waals surface area contributed by atoms with Gasteiger partial charge in [0.2, 0.25) is 0 Å². The molecule has 0 amide bonds. The number of benzene rings is 1. The zero-order chi connectivity index (χ0) is 11.5. The molecule has 5 heteroatoms. The van der Waals surface area contributed by atoms with Gasteiger partial charge in [0, 0.05) is 22.4 Å². The maximum absolute atomic E-state index is 11.5. The molecule has 0 unspecified atom stereocenters. The Bertz CT molecular complexity index is 545. The Morgan fingerprint density at radius 2 is 2.19 bits per heavy atom. The van der Waals surface area contributed by atoms with E-state index in [0.717, 1.165) is 10.0 Å². The van der Waals surface area contributed by atoms with Crippen LogP contribution in [0.4, 0.5) is 5.69 Å². The third kappa shape index (κ3) is 2.49. The molecule has 0 fully saturated rings. The van der Waals surface area contributed by atoms with Crippen LogP contribution in [0.2, 0.25) is 0 Å². The molecule has 4 nitrogen and oxygen atoms in total. The first kappa shape index (κ1) is 10.9. The van der Waals surface area contributed by atoms with Gasteiger partial charge in [0.1, 0.15) is 0 Å². The molecular weight excluding hydrogens is 270 g/mol. The van der Waals surface area contributed by atoms with Gasteiger partial charge in [-0.25, -0.2) is 4.98 Å². The van der Waals surface area contributed by atoms with E-state index in [2.05, 4.69) is 20.9 Å². The lowest BCUT2D eigenvalue weighted by molar-refractivity contribution is 0.736. The second-order valence-corrected chi connectivity index (χ2v) is 4.35. The molecule has 0 atom stereocenters. The lowest BCUT2D eigenvalue weighted by Crippen LogP contribution is -2.19. The minimum Gasteiger partial charge on any atom is -0.399 e. The van der Waals surface area contributed by atoms with Crippen LogP contribution in [0, 0.1) is 0 Å². The number of nitrogens with two attached hydrogens (primary N) is 1. The number of anilines is 1. The van der Waals surface area contributed by atoms with E-state index in [1.807, 2.05) is 18.2 Å². The van der Waals surface area contributed by atoms with Crippen molar-refractivity contribution in [1.82, 2.24) is 9.55 Å². The van der Waals surface area contributed by atoms with Crippen molar-refractivity contribution in [3.05, 3.63) is 57.2 Å². The number of hydrogen-bond acceptors (Lipinski definition) is 3. The molecule has 1 aromatic heterocycles. The van der Waals surface area contributed by atoms with Gasteiger partial charge in [-0.2, -0.15) is 0 Å². The van der Waals surface area contributed by atoms with E-state index < -0.39 is 0 Å². The van der Waals surface area contributed by atoms with Crippen molar-refractivity contribution in [3.63, 3.8) is 0 Å². The molecule has 0 aliphatic heterocycles. The Morgan fingerprint density at radius 3 is 2.88 bits per heavy atom. The molecule has 2 rings (SSSR count). The van der Waals surface area contributed by atoms with Crippen molar-refractivity contribution in [1.29, 1.82) is 0 Å². The SMILES string of the molecule is Nc1cc(Br)cc(Cn2cnccc2=O)c1. The predicted molar refractivity (Wildman–Crippen MR) is 66.2 cm³/mol. The Labute approximate surface area is 101 Å². The fraction of sp³-hybridized carbons (Fsp3) is 0.0909. The van der Waals surface area contributed by atoms with Crippen molar-refractivity contribution < 1.29 is 0 Å². The van der Waals surface area contributed by atoms with E-state index in [1.54, 1.807) is 0 Å². The quantitative estimate of drug-likeness (QED) is 0.851. The molecule has 82 valence electrons. The number of halogens is 1. The van der Waals surface area contributed by atoms with Crippen molar-refractivity contribution >= 4 is 21.6 Å². The molecule has 16 heavy (non-hydrogen) atoms. The smallest absolute Gasteiger partial charge is 0.253 e. The average molecular weight is 280 g/mol. The first-order valence-electron chi connectivity index (χ1n) is 4.70. The Hall–Kier alpha value is -1.62. The van der Waals surface area contributed by atoms with Crippen molar-refractivity contribution in [2.24, 2.45) is 0 Å². The van der Waals surface area contributed by atoms with Gasteiger partial charge < -0.3 is 5.73 Å². The average Bonchev–Trinajstić information content (AvgIpc) is 2.20.